The van der Waals surface area contributed by atoms with Gasteiger partial charge in [-0.25, -0.2) is 0 Å². The number of rotatable bonds is 3. The summed E-state index contributed by atoms with van der Waals surface area (Å²) >= 11 is 0. The second kappa shape index (κ2) is 6.02. The Balaban J connectivity index is 1.82. The number of carbonyl (C=O) groups is 1. The molecule has 0 spiro atoms. The van der Waals surface area contributed by atoms with Crippen LogP contribution in [0.2, 0.25) is 0 Å². The molecule has 114 valence electrons. The van der Waals surface area contributed by atoms with Gasteiger partial charge in [0.1, 0.15) is 0 Å². The van der Waals surface area contributed by atoms with Gasteiger partial charge in [-0.15, -0.1) is 0 Å². The lowest BCUT2D eigenvalue weighted by Crippen LogP contribution is -2.64. The van der Waals surface area contributed by atoms with E-state index in [1.54, 1.807) is 5.06 Å². The molecule has 0 aromatic carbocycles. The van der Waals surface area contributed by atoms with Gasteiger partial charge >= 0.3 is 0 Å². The Kier molecular flexibility index (Phi) is 4.32. The van der Waals surface area contributed by atoms with E-state index in [-0.39, 0.29) is 0 Å². The van der Waals surface area contributed by atoms with E-state index in [9.17, 15) is 10.0 Å². The van der Waals surface area contributed by atoms with Crippen LogP contribution in [-0.4, -0.2) is 46.3 Å². The third kappa shape index (κ3) is 2.48. The molecule has 0 radical (unpaired) electrons. The summed E-state index contributed by atoms with van der Waals surface area (Å²) < 4.78 is 0. The lowest BCUT2D eigenvalue weighted by atomic mass is 9.70. The SMILES string of the molecule is CCCC[C@H]1CN2C(=O)CCC[C@@H]2[C@H]2CCCN(O)[C@@H]12. The topological polar surface area (TPSA) is 43.8 Å². The summed E-state index contributed by atoms with van der Waals surface area (Å²) in [6.07, 6.45) is 8.69. The van der Waals surface area contributed by atoms with E-state index in [1.807, 2.05) is 0 Å². The minimum atomic E-state index is 0.294. The number of amides is 1. The van der Waals surface area contributed by atoms with Crippen molar-refractivity contribution in [1.29, 1.82) is 0 Å². The molecule has 3 fully saturated rings. The first-order valence-corrected chi connectivity index (χ1v) is 8.47. The van der Waals surface area contributed by atoms with E-state index in [1.165, 1.54) is 19.3 Å². The minimum Gasteiger partial charge on any atom is -0.339 e. The first-order chi connectivity index (χ1) is 9.72. The Hall–Kier alpha value is -0.610. The molecule has 0 saturated carbocycles. The summed E-state index contributed by atoms with van der Waals surface area (Å²) in [5.41, 5.74) is 0. The molecule has 4 nitrogen and oxygen atoms in total. The average molecular weight is 280 g/mol. The number of nitrogens with zero attached hydrogens (tertiary/aromatic N) is 2. The molecule has 0 aromatic rings. The van der Waals surface area contributed by atoms with E-state index in [4.69, 9.17) is 0 Å². The molecular formula is C16H28N2O2. The van der Waals surface area contributed by atoms with Crippen LogP contribution in [0.1, 0.15) is 58.3 Å². The highest BCUT2D eigenvalue weighted by Crippen LogP contribution is 2.42. The zero-order valence-electron chi connectivity index (χ0n) is 12.6. The maximum Gasteiger partial charge on any atom is 0.222 e. The van der Waals surface area contributed by atoms with Crippen LogP contribution in [0.5, 0.6) is 0 Å². The third-order valence-electron chi connectivity index (χ3n) is 5.66. The molecule has 0 aliphatic carbocycles. The lowest BCUT2D eigenvalue weighted by Gasteiger charge is -2.55. The van der Waals surface area contributed by atoms with Crippen molar-refractivity contribution in [3.05, 3.63) is 0 Å². The van der Waals surface area contributed by atoms with Crippen molar-refractivity contribution in [3.63, 3.8) is 0 Å². The van der Waals surface area contributed by atoms with Crippen LogP contribution in [0.3, 0.4) is 0 Å². The smallest absolute Gasteiger partial charge is 0.222 e. The predicted molar refractivity (Wildman–Crippen MR) is 77.4 cm³/mol. The zero-order chi connectivity index (χ0) is 14.1. The molecule has 3 aliphatic rings. The van der Waals surface area contributed by atoms with Gasteiger partial charge in [-0.1, -0.05) is 19.8 Å². The summed E-state index contributed by atoms with van der Waals surface area (Å²) in [6, 6.07) is 0.691. The second-order valence-corrected chi connectivity index (χ2v) is 6.87. The third-order valence-corrected chi connectivity index (χ3v) is 5.66. The van der Waals surface area contributed by atoms with Crippen LogP contribution in [0.25, 0.3) is 0 Å². The van der Waals surface area contributed by atoms with Crippen LogP contribution in [0, 0.1) is 11.8 Å². The fraction of sp³-hybridized carbons (Fsp3) is 0.938. The maximum absolute atomic E-state index is 12.3. The van der Waals surface area contributed by atoms with E-state index in [0.717, 1.165) is 45.2 Å². The van der Waals surface area contributed by atoms with Crippen LogP contribution in [-0.2, 0) is 4.79 Å². The molecule has 4 atom stereocenters. The predicted octanol–water partition coefficient (Wildman–Crippen LogP) is 2.66. The minimum absolute atomic E-state index is 0.294. The fourth-order valence-electron chi connectivity index (χ4n) is 4.76. The van der Waals surface area contributed by atoms with E-state index in [2.05, 4.69) is 11.8 Å². The van der Waals surface area contributed by atoms with Crippen molar-refractivity contribution in [2.24, 2.45) is 11.8 Å². The highest BCUT2D eigenvalue weighted by atomic mass is 16.5. The number of hydrogen-bond donors (Lipinski definition) is 1. The van der Waals surface area contributed by atoms with Crippen molar-refractivity contribution < 1.29 is 10.0 Å². The van der Waals surface area contributed by atoms with E-state index >= 15 is 0 Å². The lowest BCUT2D eigenvalue weighted by molar-refractivity contribution is -0.205. The van der Waals surface area contributed by atoms with Gasteiger partial charge < -0.3 is 10.1 Å². The first-order valence-electron chi connectivity index (χ1n) is 8.47. The monoisotopic (exact) mass is 280 g/mol. The van der Waals surface area contributed by atoms with Crippen molar-refractivity contribution >= 4 is 5.91 Å². The average Bonchev–Trinajstić information content (AvgIpc) is 2.46. The maximum atomic E-state index is 12.3. The Labute approximate surface area is 122 Å². The van der Waals surface area contributed by atoms with Gasteiger partial charge in [0.15, 0.2) is 0 Å². The zero-order valence-corrected chi connectivity index (χ0v) is 12.6. The Morgan fingerprint density at radius 3 is 2.95 bits per heavy atom. The molecule has 4 heteroatoms. The van der Waals surface area contributed by atoms with Crippen molar-refractivity contribution in [1.82, 2.24) is 9.96 Å². The number of unbranched alkanes of at least 4 members (excludes halogenated alkanes) is 1. The number of carbonyl (C=O) groups excluding carboxylic acids is 1. The highest BCUT2D eigenvalue weighted by molar-refractivity contribution is 5.77. The number of fused-ring (bicyclic) bond motifs is 3. The van der Waals surface area contributed by atoms with Gasteiger partial charge in [-0.3, -0.25) is 4.79 Å². The quantitative estimate of drug-likeness (QED) is 0.864. The molecule has 1 N–H and O–H groups in total. The highest BCUT2D eigenvalue weighted by Gasteiger charge is 2.49. The normalized spacial score (nSPS) is 38.5. The van der Waals surface area contributed by atoms with E-state index < -0.39 is 0 Å². The van der Waals surface area contributed by atoms with Crippen molar-refractivity contribution in [2.75, 3.05) is 13.1 Å². The standard InChI is InChI=1S/C16H28N2O2/c1-2-3-6-12-11-17-14(8-4-9-15(17)19)13-7-5-10-18(20)16(12)13/h12-14,16,20H,2-11H2,1H3/t12-,13+,14+,16-/m0/s1. The van der Waals surface area contributed by atoms with Crippen molar-refractivity contribution in [3.8, 4) is 0 Å². The molecular weight excluding hydrogens is 252 g/mol. The first kappa shape index (κ1) is 14.3. The molecule has 1 amide bonds. The molecule has 3 heterocycles. The van der Waals surface area contributed by atoms with Gasteiger partial charge in [0.25, 0.3) is 0 Å². The Bertz CT molecular complexity index is 360. The van der Waals surface area contributed by atoms with Crippen molar-refractivity contribution in [2.45, 2.75) is 70.4 Å². The van der Waals surface area contributed by atoms with Gasteiger partial charge in [0.05, 0.1) is 0 Å². The van der Waals surface area contributed by atoms with Gasteiger partial charge in [0.2, 0.25) is 5.91 Å². The molecule has 3 rings (SSSR count). The van der Waals surface area contributed by atoms with Crippen LogP contribution >= 0.6 is 0 Å². The van der Waals surface area contributed by atoms with Gasteiger partial charge in [-0.05, 0) is 43.9 Å². The fourth-order valence-corrected chi connectivity index (χ4v) is 4.76. The van der Waals surface area contributed by atoms with Gasteiger partial charge in [0, 0.05) is 31.6 Å². The second-order valence-electron chi connectivity index (χ2n) is 6.87. The molecule has 3 saturated heterocycles. The van der Waals surface area contributed by atoms with Gasteiger partial charge in [-0.2, -0.15) is 5.06 Å². The van der Waals surface area contributed by atoms with Crippen LogP contribution in [0.15, 0.2) is 0 Å². The number of hydrogen-bond acceptors (Lipinski definition) is 3. The summed E-state index contributed by atoms with van der Waals surface area (Å²) in [4.78, 5) is 14.4. The van der Waals surface area contributed by atoms with E-state index in [0.29, 0.717) is 29.8 Å². The summed E-state index contributed by atoms with van der Waals surface area (Å²) in [5, 5.41) is 12.0. The number of piperidine rings is 3. The summed E-state index contributed by atoms with van der Waals surface area (Å²) in [6.45, 7) is 3.90. The number of hydroxylamine groups is 2. The molecule has 0 aromatic heterocycles. The molecule has 3 aliphatic heterocycles. The summed E-state index contributed by atoms with van der Waals surface area (Å²) in [7, 11) is 0. The molecule has 0 unspecified atom stereocenters. The Morgan fingerprint density at radius 1 is 1.30 bits per heavy atom. The summed E-state index contributed by atoms with van der Waals surface area (Å²) in [5.74, 6) is 1.31. The molecule has 0 bridgehead atoms. The molecule has 20 heavy (non-hydrogen) atoms. The van der Waals surface area contributed by atoms with Crippen LogP contribution in [0.4, 0.5) is 0 Å². The Morgan fingerprint density at radius 2 is 2.15 bits per heavy atom. The largest absolute Gasteiger partial charge is 0.339 e. The van der Waals surface area contributed by atoms with Crippen LogP contribution < -0.4 is 0 Å².